The van der Waals surface area contributed by atoms with E-state index < -0.39 is 17.8 Å². The zero-order valence-electron chi connectivity index (χ0n) is 16.2. The summed E-state index contributed by atoms with van der Waals surface area (Å²) < 4.78 is 19.1. The highest BCUT2D eigenvalue weighted by Gasteiger charge is 2.31. The van der Waals surface area contributed by atoms with Crippen molar-refractivity contribution in [3.05, 3.63) is 53.8 Å². The Balaban J connectivity index is 1.82. The van der Waals surface area contributed by atoms with E-state index >= 15 is 0 Å². The molecule has 0 radical (unpaired) electrons. The number of fused-ring (bicyclic) bond motifs is 1. The molecular weight excluding hydrogens is 361 g/mol. The Labute approximate surface area is 163 Å². The molecule has 2 amide bonds. The van der Waals surface area contributed by atoms with E-state index in [1.54, 1.807) is 36.1 Å². The molecule has 0 aromatic heterocycles. The lowest BCUT2D eigenvalue weighted by Crippen LogP contribution is -2.45. The number of halogens is 1. The lowest BCUT2D eigenvalue weighted by Gasteiger charge is -2.33. The van der Waals surface area contributed by atoms with Crippen LogP contribution >= 0.6 is 0 Å². The molecule has 1 aliphatic heterocycles. The number of amides is 2. The zero-order valence-corrected chi connectivity index (χ0v) is 16.2. The van der Waals surface area contributed by atoms with Gasteiger partial charge in [0.05, 0.1) is 5.69 Å². The number of anilines is 2. The number of carbonyl (C=O) groups excluding carboxylic acids is 2. The maximum absolute atomic E-state index is 13.4. The summed E-state index contributed by atoms with van der Waals surface area (Å²) in [6, 6.07) is 10.6. The molecule has 28 heavy (non-hydrogen) atoms. The molecule has 2 aromatic rings. The van der Waals surface area contributed by atoms with Crippen molar-refractivity contribution >= 4 is 23.2 Å². The average molecular weight is 385 g/mol. The van der Waals surface area contributed by atoms with Gasteiger partial charge in [0.1, 0.15) is 11.6 Å². The maximum atomic E-state index is 13.4. The van der Waals surface area contributed by atoms with E-state index in [-0.39, 0.29) is 11.5 Å². The fourth-order valence-electron chi connectivity index (χ4n) is 3.09. The molecule has 0 bridgehead atoms. The van der Waals surface area contributed by atoms with E-state index in [1.807, 2.05) is 14.1 Å². The first kappa shape index (κ1) is 19.8. The second-order valence-corrected chi connectivity index (χ2v) is 7.05. The normalized spacial score (nSPS) is 16.0. The molecule has 1 N–H and O–H groups in total. The third kappa shape index (κ3) is 4.48. The van der Waals surface area contributed by atoms with Crippen molar-refractivity contribution in [3.8, 4) is 5.75 Å². The molecule has 148 valence electrons. The van der Waals surface area contributed by atoms with E-state index in [2.05, 4.69) is 10.2 Å². The average Bonchev–Trinajstić information content (AvgIpc) is 2.65. The second kappa shape index (κ2) is 8.39. The van der Waals surface area contributed by atoms with Gasteiger partial charge >= 0.3 is 0 Å². The van der Waals surface area contributed by atoms with Crippen LogP contribution in [0.3, 0.4) is 0 Å². The lowest BCUT2D eigenvalue weighted by molar-refractivity contribution is -0.125. The van der Waals surface area contributed by atoms with Crippen LogP contribution in [0.2, 0.25) is 0 Å². The van der Waals surface area contributed by atoms with Gasteiger partial charge in [0.2, 0.25) is 0 Å². The first-order chi connectivity index (χ1) is 13.3. The van der Waals surface area contributed by atoms with Gasteiger partial charge in [-0.3, -0.25) is 9.59 Å². The van der Waals surface area contributed by atoms with Gasteiger partial charge in [-0.05, 0) is 70.4 Å². The highest BCUT2D eigenvalue weighted by molar-refractivity contribution is 6.05. The molecule has 3 rings (SSSR count). The maximum Gasteiger partial charge on any atom is 0.267 e. The number of rotatable bonds is 6. The monoisotopic (exact) mass is 385 g/mol. The summed E-state index contributed by atoms with van der Waals surface area (Å²) in [6.45, 7) is 3.13. The van der Waals surface area contributed by atoms with Crippen LogP contribution < -0.4 is 15.0 Å². The fourth-order valence-corrected chi connectivity index (χ4v) is 3.09. The molecule has 0 saturated heterocycles. The molecule has 1 aliphatic rings. The van der Waals surface area contributed by atoms with Crippen molar-refractivity contribution in [1.82, 2.24) is 4.90 Å². The van der Waals surface area contributed by atoms with Crippen LogP contribution in [0.25, 0.3) is 0 Å². The molecule has 0 saturated carbocycles. The van der Waals surface area contributed by atoms with Gasteiger partial charge < -0.3 is 19.9 Å². The van der Waals surface area contributed by atoms with E-state index in [1.165, 1.54) is 18.2 Å². The smallest absolute Gasteiger partial charge is 0.267 e. The minimum Gasteiger partial charge on any atom is -0.479 e. The predicted octanol–water partition coefficient (Wildman–Crippen LogP) is 3.14. The molecule has 0 fully saturated rings. The van der Waals surface area contributed by atoms with Crippen molar-refractivity contribution < 1.29 is 18.7 Å². The molecule has 6 nitrogen and oxygen atoms in total. The summed E-state index contributed by atoms with van der Waals surface area (Å²) >= 11 is 0. The van der Waals surface area contributed by atoms with Crippen LogP contribution in [0.4, 0.5) is 15.8 Å². The van der Waals surface area contributed by atoms with Gasteiger partial charge in [-0.25, -0.2) is 4.39 Å². The number of nitrogens with one attached hydrogen (secondary N) is 1. The van der Waals surface area contributed by atoms with Gasteiger partial charge in [-0.15, -0.1) is 0 Å². The van der Waals surface area contributed by atoms with Crippen LogP contribution in [0.1, 0.15) is 23.7 Å². The Morgan fingerprint density at radius 1 is 1.25 bits per heavy atom. The summed E-state index contributed by atoms with van der Waals surface area (Å²) in [7, 11) is 3.97. The number of ether oxygens (including phenoxy) is 1. The van der Waals surface area contributed by atoms with Gasteiger partial charge in [0.25, 0.3) is 11.8 Å². The van der Waals surface area contributed by atoms with Crippen molar-refractivity contribution in [2.75, 3.05) is 37.4 Å². The van der Waals surface area contributed by atoms with Crippen molar-refractivity contribution in [1.29, 1.82) is 0 Å². The molecular formula is C21H24FN3O3. The van der Waals surface area contributed by atoms with Gasteiger partial charge in [0, 0.05) is 17.8 Å². The third-order valence-electron chi connectivity index (χ3n) is 4.50. The number of nitrogens with zero attached hydrogens (tertiary/aromatic N) is 2. The zero-order chi connectivity index (χ0) is 20.3. The first-order valence-electron chi connectivity index (χ1n) is 9.19. The molecule has 0 spiro atoms. The Kier molecular flexibility index (Phi) is 5.94. The Morgan fingerprint density at radius 3 is 2.75 bits per heavy atom. The van der Waals surface area contributed by atoms with Crippen molar-refractivity contribution in [2.24, 2.45) is 0 Å². The summed E-state index contributed by atoms with van der Waals surface area (Å²) in [5, 5.41) is 2.75. The fraction of sp³-hybridized carbons (Fsp3) is 0.333. The van der Waals surface area contributed by atoms with Gasteiger partial charge in [-0.2, -0.15) is 0 Å². The summed E-state index contributed by atoms with van der Waals surface area (Å²) in [5.74, 6) is -0.409. The van der Waals surface area contributed by atoms with Gasteiger partial charge in [0.15, 0.2) is 6.10 Å². The quantitative estimate of drug-likeness (QED) is 0.830. The van der Waals surface area contributed by atoms with E-state index in [9.17, 15) is 14.0 Å². The Morgan fingerprint density at radius 2 is 2.04 bits per heavy atom. The van der Waals surface area contributed by atoms with Crippen LogP contribution in [-0.2, 0) is 4.79 Å². The van der Waals surface area contributed by atoms with E-state index in [0.29, 0.717) is 23.7 Å². The molecule has 1 unspecified atom stereocenters. The largest absolute Gasteiger partial charge is 0.479 e. The second-order valence-electron chi connectivity index (χ2n) is 7.05. The first-order valence-corrected chi connectivity index (χ1v) is 9.19. The van der Waals surface area contributed by atoms with Crippen LogP contribution in [0, 0.1) is 5.82 Å². The SMILES string of the molecule is CC1Oc2ccc(NC(=O)c3cccc(F)c3)cc2N(CCCN(C)C)C1=O. The Bertz CT molecular complexity index is 885. The number of hydrogen-bond acceptors (Lipinski definition) is 4. The van der Waals surface area contributed by atoms with Crippen LogP contribution in [0.5, 0.6) is 5.75 Å². The standard InChI is InChI=1S/C21H24FN3O3/c1-14-21(27)25(11-5-10-24(2)3)18-13-17(8-9-19(18)28-14)23-20(26)15-6-4-7-16(22)12-15/h4,6-9,12-14H,5,10-11H2,1-3H3,(H,23,26). The molecule has 1 heterocycles. The minimum atomic E-state index is -0.556. The topological polar surface area (TPSA) is 61.9 Å². The summed E-state index contributed by atoms with van der Waals surface area (Å²) in [4.78, 5) is 28.8. The van der Waals surface area contributed by atoms with Crippen molar-refractivity contribution in [2.45, 2.75) is 19.4 Å². The predicted molar refractivity (Wildman–Crippen MR) is 106 cm³/mol. The summed E-state index contributed by atoms with van der Waals surface area (Å²) in [6.07, 6.45) is 0.254. The number of benzene rings is 2. The summed E-state index contributed by atoms with van der Waals surface area (Å²) in [5.41, 5.74) is 1.36. The number of carbonyl (C=O) groups is 2. The molecule has 1 atom stereocenters. The molecule has 2 aromatic carbocycles. The van der Waals surface area contributed by atoms with Crippen molar-refractivity contribution in [3.63, 3.8) is 0 Å². The number of hydrogen-bond donors (Lipinski definition) is 1. The molecule has 0 aliphatic carbocycles. The highest BCUT2D eigenvalue weighted by atomic mass is 19.1. The third-order valence-corrected chi connectivity index (χ3v) is 4.50. The van der Waals surface area contributed by atoms with E-state index in [0.717, 1.165) is 13.0 Å². The molecule has 7 heteroatoms. The van der Waals surface area contributed by atoms with Crippen LogP contribution in [0.15, 0.2) is 42.5 Å². The van der Waals surface area contributed by atoms with Gasteiger partial charge in [-0.1, -0.05) is 6.07 Å². The van der Waals surface area contributed by atoms with Crippen LogP contribution in [-0.4, -0.2) is 50.0 Å². The van der Waals surface area contributed by atoms with E-state index in [4.69, 9.17) is 4.74 Å². The Hall–Kier alpha value is -2.93. The highest BCUT2D eigenvalue weighted by Crippen LogP contribution is 2.36. The minimum absolute atomic E-state index is 0.111. The lowest BCUT2D eigenvalue weighted by atomic mass is 10.1.